The Kier molecular flexibility index (Phi) is 5.24. The number of nitrogens with one attached hydrogen (secondary N) is 2. The predicted molar refractivity (Wildman–Crippen MR) is 85.7 cm³/mol. The summed E-state index contributed by atoms with van der Waals surface area (Å²) in [7, 11) is -3.37. The second-order valence-corrected chi connectivity index (χ2v) is 7.71. The SMILES string of the molecule is CC(C)C(CCN)Nc1ccc(S(=O)(=O)NC2CC2)cc1. The van der Waals surface area contributed by atoms with Gasteiger partial charge in [0.15, 0.2) is 0 Å². The van der Waals surface area contributed by atoms with Gasteiger partial charge in [-0.05, 0) is 56.0 Å². The van der Waals surface area contributed by atoms with E-state index in [9.17, 15) is 8.42 Å². The highest BCUT2D eigenvalue weighted by atomic mass is 32.2. The first-order valence-electron chi connectivity index (χ1n) is 7.51. The molecule has 4 N–H and O–H groups in total. The van der Waals surface area contributed by atoms with Gasteiger partial charge in [0.05, 0.1) is 4.90 Å². The Hall–Kier alpha value is -1.11. The maximum absolute atomic E-state index is 12.1. The van der Waals surface area contributed by atoms with E-state index in [1.165, 1.54) is 0 Å². The first-order valence-corrected chi connectivity index (χ1v) is 8.99. The second kappa shape index (κ2) is 6.77. The van der Waals surface area contributed by atoms with Gasteiger partial charge in [0.25, 0.3) is 0 Å². The molecule has 0 aromatic heterocycles. The van der Waals surface area contributed by atoms with Crippen LogP contribution in [0.4, 0.5) is 5.69 Å². The molecule has 1 aliphatic carbocycles. The molecule has 21 heavy (non-hydrogen) atoms. The fraction of sp³-hybridized carbons (Fsp3) is 0.600. The predicted octanol–water partition coefficient (Wildman–Crippen LogP) is 1.91. The third-order valence-electron chi connectivity index (χ3n) is 3.70. The summed E-state index contributed by atoms with van der Waals surface area (Å²) >= 11 is 0. The molecule has 0 aliphatic heterocycles. The highest BCUT2D eigenvalue weighted by Crippen LogP contribution is 2.23. The Balaban J connectivity index is 2.04. The minimum Gasteiger partial charge on any atom is -0.382 e. The quantitative estimate of drug-likeness (QED) is 0.685. The minimum absolute atomic E-state index is 0.127. The molecule has 1 aromatic rings. The minimum atomic E-state index is -3.37. The number of hydrogen-bond donors (Lipinski definition) is 3. The Morgan fingerprint density at radius 2 is 1.86 bits per heavy atom. The van der Waals surface area contributed by atoms with Crippen LogP contribution in [0.25, 0.3) is 0 Å². The van der Waals surface area contributed by atoms with Crippen molar-refractivity contribution in [2.24, 2.45) is 11.7 Å². The molecule has 0 spiro atoms. The summed E-state index contributed by atoms with van der Waals surface area (Å²) in [5.41, 5.74) is 6.55. The number of benzene rings is 1. The van der Waals surface area contributed by atoms with Crippen molar-refractivity contribution in [2.45, 2.75) is 50.1 Å². The van der Waals surface area contributed by atoms with E-state index in [-0.39, 0.29) is 6.04 Å². The molecule has 1 aromatic carbocycles. The second-order valence-electron chi connectivity index (χ2n) is 5.99. The van der Waals surface area contributed by atoms with Gasteiger partial charge >= 0.3 is 0 Å². The van der Waals surface area contributed by atoms with Gasteiger partial charge in [0.2, 0.25) is 10.0 Å². The molecule has 1 fully saturated rings. The van der Waals surface area contributed by atoms with Gasteiger partial charge < -0.3 is 11.1 Å². The summed E-state index contributed by atoms with van der Waals surface area (Å²) < 4.78 is 26.8. The summed E-state index contributed by atoms with van der Waals surface area (Å²) in [6.45, 7) is 4.92. The molecule has 1 saturated carbocycles. The maximum Gasteiger partial charge on any atom is 0.240 e. The van der Waals surface area contributed by atoms with E-state index in [2.05, 4.69) is 23.9 Å². The molecule has 0 heterocycles. The molecule has 0 bridgehead atoms. The smallest absolute Gasteiger partial charge is 0.240 e. The lowest BCUT2D eigenvalue weighted by Gasteiger charge is -2.23. The van der Waals surface area contributed by atoms with Crippen LogP contribution < -0.4 is 15.8 Å². The van der Waals surface area contributed by atoms with E-state index in [1.807, 2.05) is 12.1 Å². The van der Waals surface area contributed by atoms with Crippen LogP contribution in [0.3, 0.4) is 0 Å². The molecule has 1 aliphatic rings. The lowest BCUT2D eigenvalue weighted by Crippen LogP contribution is -2.28. The summed E-state index contributed by atoms with van der Waals surface area (Å²) in [4.78, 5) is 0.319. The van der Waals surface area contributed by atoms with Crippen LogP contribution in [0, 0.1) is 5.92 Å². The van der Waals surface area contributed by atoms with Gasteiger partial charge in [0.1, 0.15) is 0 Å². The molecule has 0 radical (unpaired) electrons. The number of nitrogens with two attached hydrogens (primary N) is 1. The van der Waals surface area contributed by atoms with Crippen molar-refractivity contribution in [3.8, 4) is 0 Å². The maximum atomic E-state index is 12.1. The zero-order chi connectivity index (χ0) is 15.5. The normalized spacial score (nSPS) is 17.0. The Morgan fingerprint density at radius 3 is 2.33 bits per heavy atom. The highest BCUT2D eigenvalue weighted by molar-refractivity contribution is 7.89. The molecular weight excluding hydrogens is 286 g/mol. The average Bonchev–Trinajstić information content (AvgIpc) is 3.22. The largest absolute Gasteiger partial charge is 0.382 e. The van der Waals surface area contributed by atoms with Gasteiger partial charge in [-0.15, -0.1) is 0 Å². The van der Waals surface area contributed by atoms with Crippen molar-refractivity contribution < 1.29 is 8.42 Å². The third kappa shape index (κ3) is 4.69. The summed E-state index contributed by atoms with van der Waals surface area (Å²) in [5, 5.41) is 3.42. The van der Waals surface area contributed by atoms with Crippen molar-refractivity contribution >= 4 is 15.7 Å². The van der Waals surface area contributed by atoms with Crippen LogP contribution in [0.15, 0.2) is 29.2 Å². The van der Waals surface area contributed by atoms with Gasteiger partial charge in [0, 0.05) is 17.8 Å². The van der Waals surface area contributed by atoms with Crippen molar-refractivity contribution in [3.63, 3.8) is 0 Å². The van der Waals surface area contributed by atoms with E-state index < -0.39 is 10.0 Å². The molecule has 6 heteroatoms. The van der Waals surface area contributed by atoms with Crippen LogP contribution in [0.5, 0.6) is 0 Å². The van der Waals surface area contributed by atoms with Crippen molar-refractivity contribution in [1.82, 2.24) is 4.72 Å². The van der Waals surface area contributed by atoms with Crippen LogP contribution in [-0.4, -0.2) is 27.0 Å². The average molecular weight is 311 g/mol. The number of hydrogen-bond acceptors (Lipinski definition) is 4. The van der Waals surface area contributed by atoms with E-state index in [0.29, 0.717) is 23.4 Å². The lowest BCUT2D eigenvalue weighted by atomic mass is 10.0. The Morgan fingerprint density at radius 1 is 1.24 bits per heavy atom. The molecule has 118 valence electrons. The summed E-state index contributed by atoms with van der Waals surface area (Å²) in [5.74, 6) is 0.466. The van der Waals surface area contributed by atoms with Gasteiger partial charge in [-0.3, -0.25) is 0 Å². The lowest BCUT2D eigenvalue weighted by molar-refractivity contribution is 0.499. The zero-order valence-corrected chi connectivity index (χ0v) is 13.5. The van der Waals surface area contributed by atoms with Gasteiger partial charge in [-0.2, -0.15) is 0 Å². The topological polar surface area (TPSA) is 84.2 Å². The Bertz CT molecular complexity index is 551. The first kappa shape index (κ1) is 16.3. The Labute approximate surface area is 127 Å². The fourth-order valence-corrected chi connectivity index (χ4v) is 3.49. The van der Waals surface area contributed by atoms with Crippen molar-refractivity contribution in [1.29, 1.82) is 0 Å². The molecule has 2 rings (SSSR count). The van der Waals surface area contributed by atoms with Gasteiger partial charge in [-0.25, -0.2) is 13.1 Å². The number of anilines is 1. The number of rotatable bonds is 8. The van der Waals surface area contributed by atoms with Crippen molar-refractivity contribution in [2.75, 3.05) is 11.9 Å². The van der Waals surface area contributed by atoms with Crippen molar-refractivity contribution in [3.05, 3.63) is 24.3 Å². The molecule has 0 saturated heterocycles. The molecule has 0 amide bonds. The van der Waals surface area contributed by atoms with E-state index in [0.717, 1.165) is 24.9 Å². The van der Waals surface area contributed by atoms with Crippen LogP contribution >= 0.6 is 0 Å². The van der Waals surface area contributed by atoms with Crippen LogP contribution in [-0.2, 0) is 10.0 Å². The molecule has 1 atom stereocenters. The molecular formula is C15H25N3O2S. The van der Waals surface area contributed by atoms with E-state index >= 15 is 0 Å². The van der Waals surface area contributed by atoms with Crippen LogP contribution in [0.2, 0.25) is 0 Å². The van der Waals surface area contributed by atoms with Gasteiger partial charge in [-0.1, -0.05) is 13.8 Å². The molecule has 1 unspecified atom stereocenters. The number of sulfonamides is 1. The van der Waals surface area contributed by atoms with E-state index in [4.69, 9.17) is 5.73 Å². The third-order valence-corrected chi connectivity index (χ3v) is 5.23. The zero-order valence-electron chi connectivity index (χ0n) is 12.7. The highest BCUT2D eigenvalue weighted by Gasteiger charge is 2.27. The van der Waals surface area contributed by atoms with Crippen LogP contribution in [0.1, 0.15) is 33.1 Å². The first-order chi connectivity index (χ1) is 9.92. The summed E-state index contributed by atoms with van der Waals surface area (Å²) in [6.07, 6.45) is 2.77. The summed E-state index contributed by atoms with van der Waals surface area (Å²) in [6, 6.07) is 7.34. The fourth-order valence-electron chi connectivity index (χ4n) is 2.18. The molecule has 5 nitrogen and oxygen atoms in total. The monoisotopic (exact) mass is 311 g/mol. The standard InChI is InChI=1S/C15H25N3O2S/c1-11(2)15(9-10-16)17-12-5-7-14(8-6-12)21(19,20)18-13-3-4-13/h5-8,11,13,15,17-18H,3-4,9-10,16H2,1-2H3. The van der Waals surface area contributed by atoms with E-state index in [1.54, 1.807) is 12.1 Å².